The molecule has 36 heavy (non-hydrogen) atoms. The van der Waals surface area contributed by atoms with Gasteiger partial charge in [-0.25, -0.2) is 0 Å². The van der Waals surface area contributed by atoms with Crippen molar-refractivity contribution >= 4 is 11.4 Å². The van der Waals surface area contributed by atoms with E-state index in [-0.39, 0.29) is 34.4 Å². The number of nitrogen functional groups attached to an aromatic ring is 1. The lowest BCUT2D eigenvalue weighted by molar-refractivity contribution is -0.255. The Labute approximate surface area is 201 Å². The van der Waals surface area contributed by atoms with E-state index in [4.69, 9.17) is 15.2 Å². The number of anilines is 1. The van der Waals surface area contributed by atoms with Crippen LogP contribution in [0.25, 0.3) is 11.1 Å². The summed E-state index contributed by atoms with van der Waals surface area (Å²) in [7, 11) is 0. The highest BCUT2D eigenvalue weighted by atomic mass is 19.4. The van der Waals surface area contributed by atoms with Crippen LogP contribution in [-0.4, -0.2) is 0 Å². The summed E-state index contributed by atoms with van der Waals surface area (Å²) in [5.41, 5.74) is 8.67. The van der Waals surface area contributed by atoms with E-state index in [1.54, 1.807) is 24.3 Å². The average Bonchev–Trinajstić information content (AvgIpc) is 2.81. The Kier molecular flexibility index (Phi) is 6.55. The van der Waals surface area contributed by atoms with Crippen LogP contribution in [0.15, 0.2) is 84.9 Å². The van der Waals surface area contributed by atoms with Crippen LogP contribution in [-0.2, 0) is 12.4 Å². The molecule has 0 amide bonds. The topological polar surface area (TPSA) is 72.1 Å². The maximum atomic E-state index is 13.3. The van der Waals surface area contributed by atoms with Gasteiger partial charge in [0, 0.05) is 17.8 Å². The predicted molar refractivity (Wildman–Crippen MR) is 122 cm³/mol. The molecule has 4 nitrogen and oxygen atoms in total. The number of rotatable bonds is 5. The Morgan fingerprint density at radius 2 is 0.972 bits per heavy atom. The zero-order chi connectivity index (χ0) is 26.1. The number of hydrogen-bond donors (Lipinski definition) is 2. The van der Waals surface area contributed by atoms with Crippen molar-refractivity contribution in [2.24, 2.45) is 0 Å². The first-order chi connectivity index (χ1) is 16.9. The summed E-state index contributed by atoms with van der Waals surface area (Å²) >= 11 is 0. The zero-order valence-corrected chi connectivity index (χ0v) is 18.5. The van der Waals surface area contributed by atoms with Gasteiger partial charge in [0.05, 0.1) is 0 Å². The molecule has 4 aromatic rings. The highest BCUT2D eigenvalue weighted by Gasteiger charge is 2.36. The average molecular weight is 505 g/mol. The fraction of sp³-hybridized carbons (Fsp3) is 0.0769. The van der Waals surface area contributed by atoms with Gasteiger partial charge in [0.25, 0.3) is 0 Å². The van der Waals surface area contributed by atoms with Crippen molar-refractivity contribution in [3.05, 3.63) is 96.1 Å². The van der Waals surface area contributed by atoms with Crippen molar-refractivity contribution in [2.45, 2.75) is 12.4 Å². The number of nitrogens with two attached hydrogens (primary N) is 1. The summed E-state index contributed by atoms with van der Waals surface area (Å²) in [6, 6.07) is 19.4. The van der Waals surface area contributed by atoms with E-state index in [1.807, 2.05) is 0 Å². The van der Waals surface area contributed by atoms with E-state index in [9.17, 15) is 26.3 Å². The molecule has 0 saturated heterocycles. The van der Waals surface area contributed by atoms with Gasteiger partial charge in [-0.15, -0.1) is 0 Å². The van der Waals surface area contributed by atoms with Crippen molar-refractivity contribution in [3.8, 4) is 34.1 Å². The van der Waals surface area contributed by atoms with Crippen molar-refractivity contribution in [2.75, 3.05) is 5.73 Å². The third-order valence-electron chi connectivity index (χ3n) is 5.16. The molecule has 0 aliphatic carbocycles. The normalized spacial score (nSPS) is 11.9. The third-order valence-corrected chi connectivity index (χ3v) is 5.16. The summed E-state index contributed by atoms with van der Waals surface area (Å²) in [5, 5.41) is 0. The zero-order valence-electron chi connectivity index (χ0n) is 18.5. The second kappa shape index (κ2) is 9.46. The first-order valence-electron chi connectivity index (χ1n) is 10.5. The molecule has 0 aromatic heterocycles. The van der Waals surface area contributed by atoms with Gasteiger partial charge in [-0.3, -0.25) is 0 Å². The van der Waals surface area contributed by atoms with Crippen molar-refractivity contribution in [1.82, 2.24) is 0 Å². The second-order valence-corrected chi connectivity index (χ2v) is 7.83. The van der Waals surface area contributed by atoms with E-state index < -0.39 is 23.5 Å². The van der Waals surface area contributed by atoms with Crippen molar-refractivity contribution < 1.29 is 41.5 Å². The highest BCUT2D eigenvalue weighted by Crippen LogP contribution is 2.41. The molecule has 0 aliphatic rings. The van der Waals surface area contributed by atoms with Gasteiger partial charge in [0.2, 0.25) is 0 Å². The van der Waals surface area contributed by atoms with Crippen LogP contribution in [0.4, 0.5) is 37.7 Å². The summed E-state index contributed by atoms with van der Waals surface area (Å²) < 4.78 is 90.6. The van der Waals surface area contributed by atoms with E-state index in [2.05, 4.69) is 5.73 Å². The lowest BCUT2D eigenvalue weighted by Crippen LogP contribution is -2.40. The van der Waals surface area contributed by atoms with Gasteiger partial charge in [-0.1, -0.05) is 24.3 Å². The molecular formula is C26H19F6N2O2+. The van der Waals surface area contributed by atoms with E-state index in [1.165, 1.54) is 42.5 Å². The van der Waals surface area contributed by atoms with Crippen molar-refractivity contribution in [3.63, 3.8) is 0 Å². The minimum atomic E-state index is -4.63. The molecule has 0 spiro atoms. The quantitative estimate of drug-likeness (QED) is 0.219. The first kappa shape index (κ1) is 24.9. The maximum absolute atomic E-state index is 13.3. The minimum Gasteiger partial charge on any atom is -0.457 e. The Balaban J connectivity index is 1.50. The van der Waals surface area contributed by atoms with E-state index >= 15 is 0 Å². The number of ether oxygens (including phenoxy) is 2. The van der Waals surface area contributed by atoms with Crippen LogP contribution < -0.4 is 20.9 Å². The summed E-state index contributed by atoms with van der Waals surface area (Å²) in [6.45, 7) is 0. The van der Waals surface area contributed by atoms with Gasteiger partial charge in [0.15, 0.2) is 0 Å². The molecule has 0 radical (unpaired) electrons. The number of hydrogen-bond acceptors (Lipinski definition) is 3. The molecule has 0 unspecified atom stereocenters. The summed E-state index contributed by atoms with van der Waals surface area (Å²) in [6.07, 6.45) is -9.23. The van der Waals surface area contributed by atoms with Crippen LogP contribution in [0.1, 0.15) is 11.1 Å². The molecule has 5 N–H and O–H groups in total. The van der Waals surface area contributed by atoms with Crippen LogP contribution in [0, 0.1) is 0 Å². The van der Waals surface area contributed by atoms with Gasteiger partial charge in [0.1, 0.15) is 39.8 Å². The third kappa shape index (κ3) is 5.72. The van der Waals surface area contributed by atoms with Gasteiger partial charge < -0.3 is 20.9 Å². The predicted octanol–water partition coefficient (Wildman–Crippen LogP) is 7.43. The summed E-state index contributed by atoms with van der Waals surface area (Å²) in [5.74, 6) is -0.340. The molecule has 10 heteroatoms. The molecule has 4 aromatic carbocycles. The Bertz CT molecular complexity index is 1260. The molecule has 0 bridgehead atoms. The second-order valence-electron chi connectivity index (χ2n) is 7.83. The monoisotopic (exact) mass is 505 g/mol. The standard InChI is InChI=1S/C26H18F6N2O2/c27-25(28,29)21-13-17(33)5-11-23(21)35-19-7-1-15(2-8-19)16-3-9-20(10-4-16)36-24-12-6-18(34)14-22(24)26(30,31)32/h1-14H,33-34H2/p+1. The molecule has 0 atom stereocenters. The van der Waals surface area contributed by atoms with Gasteiger partial charge in [-0.05, 0) is 59.7 Å². The maximum Gasteiger partial charge on any atom is 0.420 e. The molecule has 0 aliphatic heterocycles. The molecular weight excluding hydrogens is 486 g/mol. The highest BCUT2D eigenvalue weighted by molar-refractivity contribution is 5.65. The molecule has 0 fully saturated rings. The van der Waals surface area contributed by atoms with E-state index in [0.717, 1.165) is 18.2 Å². The largest absolute Gasteiger partial charge is 0.457 e. The van der Waals surface area contributed by atoms with E-state index in [0.29, 0.717) is 11.1 Å². The number of alkyl halides is 6. The fourth-order valence-electron chi connectivity index (χ4n) is 3.43. The number of quaternary nitrogens is 1. The van der Waals surface area contributed by atoms with Crippen LogP contribution in [0.5, 0.6) is 23.0 Å². The Hall–Kier alpha value is -4.18. The van der Waals surface area contributed by atoms with Crippen molar-refractivity contribution in [1.29, 1.82) is 0 Å². The molecule has 0 saturated carbocycles. The van der Waals surface area contributed by atoms with Gasteiger partial charge >= 0.3 is 12.4 Å². The smallest absolute Gasteiger partial charge is 0.420 e. The first-order valence-corrected chi connectivity index (χ1v) is 10.5. The Morgan fingerprint density at radius 3 is 1.42 bits per heavy atom. The SMILES string of the molecule is Nc1ccc(Oc2ccc(-c3ccc(Oc4ccc([NH3+])cc4C(F)(F)F)cc3)cc2)c(C(F)(F)F)c1. The minimum absolute atomic E-state index is 0.0357. The lowest BCUT2D eigenvalue weighted by Gasteiger charge is -2.15. The lowest BCUT2D eigenvalue weighted by atomic mass is 10.1. The molecule has 4 rings (SSSR count). The number of benzene rings is 4. The van der Waals surface area contributed by atoms with Crippen LogP contribution in [0.3, 0.4) is 0 Å². The van der Waals surface area contributed by atoms with Gasteiger partial charge in [-0.2, -0.15) is 26.3 Å². The molecule has 0 heterocycles. The van der Waals surface area contributed by atoms with Crippen LogP contribution in [0.2, 0.25) is 0 Å². The Morgan fingerprint density at radius 1 is 0.556 bits per heavy atom. The number of halogens is 6. The van der Waals surface area contributed by atoms with Crippen LogP contribution >= 0.6 is 0 Å². The fourth-order valence-corrected chi connectivity index (χ4v) is 3.43. The summed E-state index contributed by atoms with van der Waals surface area (Å²) in [4.78, 5) is 0. The molecule has 186 valence electrons.